The fourth-order valence-electron chi connectivity index (χ4n) is 2.61. The molecule has 0 aliphatic heterocycles. The molecule has 1 heterocycles. The Balaban J connectivity index is 1.72. The van der Waals surface area contributed by atoms with Crippen LogP contribution in [0.5, 0.6) is 0 Å². The van der Waals surface area contributed by atoms with E-state index in [4.69, 9.17) is 0 Å². The molecule has 0 amide bonds. The number of carboxylic acid groups (broad SMARTS) is 1. The van der Waals surface area contributed by atoms with E-state index >= 15 is 0 Å². The van der Waals surface area contributed by atoms with Gasteiger partial charge < -0.3 is 10.1 Å². The van der Waals surface area contributed by atoms with E-state index < -0.39 is 22.0 Å². The maximum atomic E-state index is 12.4. The van der Waals surface area contributed by atoms with Crippen molar-refractivity contribution in [3.05, 3.63) is 59.9 Å². The number of aromatic amines is 1. The second kappa shape index (κ2) is 7.27. The number of aryl methyl sites for hydroxylation is 2. The molecule has 3 rings (SSSR count). The second-order valence-corrected chi connectivity index (χ2v) is 7.78. The molecule has 136 valence electrons. The molecule has 0 saturated heterocycles. The van der Waals surface area contributed by atoms with E-state index in [0.29, 0.717) is 12.2 Å². The predicted molar refractivity (Wildman–Crippen MR) is 97.3 cm³/mol. The summed E-state index contributed by atoms with van der Waals surface area (Å²) in [5, 5.41) is 9.39. The summed E-state index contributed by atoms with van der Waals surface area (Å²) in [5.41, 5.74) is 2.56. The number of nitrogens with one attached hydrogen (secondary N) is 2. The van der Waals surface area contributed by atoms with Gasteiger partial charge in [0.15, 0.2) is 0 Å². The molecule has 0 spiro atoms. The first kappa shape index (κ1) is 18.1. The number of H-pyrrole nitrogens is 1. The highest BCUT2D eigenvalue weighted by Crippen LogP contribution is 2.14. The van der Waals surface area contributed by atoms with Gasteiger partial charge >= 0.3 is 5.97 Å². The molecule has 1 aromatic heterocycles. The van der Waals surface area contributed by atoms with Crippen LogP contribution in [0.1, 0.15) is 17.8 Å². The summed E-state index contributed by atoms with van der Waals surface area (Å²) >= 11 is 0. The third-order valence-electron chi connectivity index (χ3n) is 4.04. The van der Waals surface area contributed by atoms with Crippen LogP contribution in [0.3, 0.4) is 0 Å². The number of imidazole rings is 1. The monoisotopic (exact) mass is 373 g/mol. The summed E-state index contributed by atoms with van der Waals surface area (Å²) in [6.07, 6.45) is 0.391. The predicted octanol–water partition coefficient (Wildman–Crippen LogP) is 2.24. The van der Waals surface area contributed by atoms with E-state index in [9.17, 15) is 18.3 Å². The van der Waals surface area contributed by atoms with Crippen LogP contribution < -0.4 is 4.72 Å². The number of nitrogens with zero attached hydrogens (tertiary/aromatic N) is 1. The van der Waals surface area contributed by atoms with Gasteiger partial charge in [-0.1, -0.05) is 29.8 Å². The molecule has 0 saturated carbocycles. The van der Waals surface area contributed by atoms with Crippen LogP contribution in [-0.4, -0.2) is 35.5 Å². The minimum atomic E-state index is -3.91. The van der Waals surface area contributed by atoms with Crippen LogP contribution in [0.15, 0.2) is 53.4 Å². The number of aliphatic carboxylic acids is 1. The number of rotatable bonds is 7. The molecule has 0 bridgehead atoms. The molecule has 3 aromatic rings. The number of aromatic nitrogens is 2. The van der Waals surface area contributed by atoms with Gasteiger partial charge in [-0.25, -0.2) is 13.4 Å². The normalized spacial score (nSPS) is 13.0. The standard InChI is InChI=1S/C18H19N3O4S/c1-12-6-8-13(9-7-12)26(24,25)21-16(18(22)23)10-11-17-19-14-4-2-3-5-15(14)20-17/h2-9,16,21H,10-11H2,1H3,(H,19,20)(H,22,23). The van der Waals surface area contributed by atoms with Crippen molar-refractivity contribution in [1.82, 2.24) is 14.7 Å². The highest BCUT2D eigenvalue weighted by molar-refractivity contribution is 7.89. The molecule has 3 N–H and O–H groups in total. The van der Waals surface area contributed by atoms with Crippen LogP contribution in [0.4, 0.5) is 0 Å². The van der Waals surface area contributed by atoms with Gasteiger partial charge in [0.05, 0.1) is 15.9 Å². The van der Waals surface area contributed by atoms with Gasteiger partial charge in [-0.3, -0.25) is 4.79 Å². The molecular formula is C18H19N3O4S. The lowest BCUT2D eigenvalue weighted by atomic mass is 10.1. The molecule has 0 aliphatic carbocycles. The van der Waals surface area contributed by atoms with Crippen LogP contribution in [0.25, 0.3) is 11.0 Å². The largest absolute Gasteiger partial charge is 0.480 e. The zero-order valence-electron chi connectivity index (χ0n) is 14.1. The minimum Gasteiger partial charge on any atom is -0.480 e. The van der Waals surface area contributed by atoms with Crippen molar-refractivity contribution in [3.63, 3.8) is 0 Å². The summed E-state index contributed by atoms with van der Waals surface area (Å²) in [5.74, 6) is -0.608. The molecule has 7 nitrogen and oxygen atoms in total. The highest BCUT2D eigenvalue weighted by Gasteiger charge is 2.25. The Bertz CT molecular complexity index is 993. The maximum absolute atomic E-state index is 12.4. The van der Waals surface area contributed by atoms with Gasteiger partial charge in [-0.2, -0.15) is 4.72 Å². The van der Waals surface area contributed by atoms with Crippen molar-refractivity contribution in [3.8, 4) is 0 Å². The fraction of sp³-hybridized carbons (Fsp3) is 0.222. The number of carbonyl (C=O) groups is 1. The van der Waals surface area contributed by atoms with Crippen molar-refractivity contribution >= 4 is 27.0 Å². The molecular weight excluding hydrogens is 354 g/mol. The first-order valence-electron chi connectivity index (χ1n) is 8.10. The third-order valence-corrected chi connectivity index (χ3v) is 5.52. The molecule has 0 radical (unpaired) electrons. The van der Waals surface area contributed by atoms with Crippen LogP contribution in [0.2, 0.25) is 0 Å². The molecule has 0 fully saturated rings. The van der Waals surface area contributed by atoms with E-state index in [2.05, 4.69) is 14.7 Å². The average Bonchev–Trinajstić information content (AvgIpc) is 3.01. The SMILES string of the molecule is Cc1ccc(S(=O)(=O)NC(CCc2nc3ccccc3[nH]2)C(=O)O)cc1. The van der Waals surface area contributed by atoms with Crippen molar-refractivity contribution in [2.24, 2.45) is 0 Å². The summed E-state index contributed by atoms with van der Waals surface area (Å²) in [6.45, 7) is 1.84. The first-order valence-corrected chi connectivity index (χ1v) is 9.59. The van der Waals surface area contributed by atoms with Gasteiger partial charge in [0.25, 0.3) is 0 Å². The number of sulfonamides is 1. The third kappa shape index (κ3) is 4.09. The van der Waals surface area contributed by atoms with Crippen molar-refractivity contribution in [2.45, 2.75) is 30.7 Å². The lowest BCUT2D eigenvalue weighted by molar-refractivity contribution is -0.139. The average molecular weight is 373 g/mol. The Hall–Kier alpha value is -2.71. The van der Waals surface area contributed by atoms with E-state index in [-0.39, 0.29) is 11.3 Å². The molecule has 0 aliphatic rings. The van der Waals surface area contributed by atoms with Crippen LogP contribution in [0, 0.1) is 6.92 Å². The lowest BCUT2D eigenvalue weighted by Crippen LogP contribution is -2.41. The van der Waals surface area contributed by atoms with E-state index in [1.54, 1.807) is 12.1 Å². The smallest absolute Gasteiger partial charge is 0.321 e. The number of benzene rings is 2. The minimum absolute atomic E-state index is 0.0399. The molecule has 26 heavy (non-hydrogen) atoms. The van der Waals surface area contributed by atoms with Gasteiger partial charge in [0.2, 0.25) is 10.0 Å². The summed E-state index contributed by atoms with van der Waals surface area (Å²) in [6, 6.07) is 12.5. The van der Waals surface area contributed by atoms with E-state index in [1.807, 2.05) is 31.2 Å². The Kier molecular flexibility index (Phi) is 5.06. The quantitative estimate of drug-likeness (QED) is 0.588. The zero-order chi connectivity index (χ0) is 18.7. The number of hydrogen-bond donors (Lipinski definition) is 3. The maximum Gasteiger partial charge on any atom is 0.321 e. The number of carboxylic acids is 1. The van der Waals surface area contributed by atoms with E-state index in [1.165, 1.54) is 12.1 Å². The Labute approximate surface area is 151 Å². The number of hydrogen-bond acceptors (Lipinski definition) is 4. The Morgan fingerprint density at radius 3 is 2.54 bits per heavy atom. The number of fused-ring (bicyclic) bond motifs is 1. The molecule has 2 aromatic carbocycles. The van der Waals surface area contributed by atoms with Crippen LogP contribution >= 0.6 is 0 Å². The lowest BCUT2D eigenvalue weighted by Gasteiger charge is -2.14. The molecule has 8 heteroatoms. The topological polar surface area (TPSA) is 112 Å². The van der Waals surface area contributed by atoms with Gasteiger partial charge in [0, 0.05) is 6.42 Å². The first-order chi connectivity index (χ1) is 12.3. The Morgan fingerprint density at radius 1 is 1.19 bits per heavy atom. The number of para-hydroxylation sites is 2. The molecule has 1 unspecified atom stereocenters. The Morgan fingerprint density at radius 2 is 1.88 bits per heavy atom. The van der Waals surface area contributed by atoms with Gasteiger partial charge in [-0.15, -0.1) is 0 Å². The molecule has 1 atom stereocenters. The highest BCUT2D eigenvalue weighted by atomic mass is 32.2. The summed E-state index contributed by atoms with van der Waals surface area (Å²) in [4.78, 5) is 19.0. The van der Waals surface area contributed by atoms with Crippen molar-refractivity contribution in [2.75, 3.05) is 0 Å². The summed E-state index contributed by atoms with van der Waals surface area (Å²) in [7, 11) is -3.91. The van der Waals surface area contributed by atoms with Crippen LogP contribution in [-0.2, 0) is 21.2 Å². The van der Waals surface area contributed by atoms with Gasteiger partial charge in [0.1, 0.15) is 11.9 Å². The van der Waals surface area contributed by atoms with E-state index in [0.717, 1.165) is 16.6 Å². The zero-order valence-corrected chi connectivity index (χ0v) is 15.0. The fourth-order valence-corrected chi connectivity index (χ4v) is 3.83. The summed E-state index contributed by atoms with van der Waals surface area (Å²) < 4.78 is 27.1. The van der Waals surface area contributed by atoms with Crippen molar-refractivity contribution in [1.29, 1.82) is 0 Å². The van der Waals surface area contributed by atoms with Crippen molar-refractivity contribution < 1.29 is 18.3 Å². The second-order valence-electron chi connectivity index (χ2n) is 6.06. The van der Waals surface area contributed by atoms with Gasteiger partial charge in [-0.05, 0) is 37.6 Å².